The molecular formula is C57H100O15. The van der Waals surface area contributed by atoms with E-state index in [1.54, 1.807) is 0 Å². The van der Waals surface area contributed by atoms with Gasteiger partial charge in [0, 0.05) is 12.8 Å². The van der Waals surface area contributed by atoms with Crippen LogP contribution in [0.15, 0.2) is 48.6 Å². The van der Waals surface area contributed by atoms with E-state index < -0.39 is 99.3 Å². The number of carbonyl (C=O) groups is 2. The summed E-state index contributed by atoms with van der Waals surface area (Å²) in [6.07, 6.45) is 32.8. The molecule has 0 radical (unpaired) electrons. The van der Waals surface area contributed by atoms with E-state index in [1.165, 1.54) is 109 Å². The van der Waals surface area contributed by atoms with Crippen LogP contribution in [0.5, 0.6) is 0 Å². The highest BCUT2D eigenvalue weighted by Gasteiger charge is 2.47. The zero-order valence-corrected chi connectivity index (χ0v) is 44.4. The van der Waals surface area contributed by atoms with Crippen molar-refractivity contribution in [1.29, 1.82) is 0 Å². The molecule has 72 heavy (non-hydrogen) atoms. The third kappa shape index (κ3) is 30.7. The van der Waals surface area contributed by atoms with Crippen LogP contribution in [0, 0.1) is 0 Å². The molecule has 0 aromatic carbocycles. The number of aliphatic hydroxyl groups is 7. The molecule has 0 bridgehead atoms. The van der Waals surface area contributed by atoms with E-state index in [2.05, 4.69) is 56.4 Å². The Morgan fingerprint density at radius 1 is 0.444 bits per heavy atom. The molecule has 2 rings (SSSR count). The van der Waals surface area contributed by atoms with Crippen LogP contribution in [0.4, 0.5) is 0 Å². The average molecular weight is 1030 g/mol. The van der Waals surface area contributed by atoms with E-state index in [4.69, 9.17) is 28.4 Å². The van der Waals surface area contributed by atoms with E-state index in [-0.39, 0.29) is 19.4 Å². The van der Waals surface area contributed by atoms with E-state index in [0.29, 0.717) is 19.3 Å². The summed E-state index contributed by atoms with van der Waals surface area (Å²) in [6.45, 7) is 2.54. The lowest BCUT2D eigenvalue weighted by molar-refractivity contribution is -0.332. The van der Waals surface area contributed by atoms with Gasteiger partial charge in [0.15, 0.2) is 18.7 Å². The van der Waals surface area contributed by atoms with Gasteiger partial charge in [0.1, 0.15) is 55.4 Å². The SMILES string of the molecule is CCCCCCCC/C=C/C/C=C/C/C=C/CCCC(=O)OC[C@H](CO[C@H]1O[C@@H](CO[C@H]2O[C@@H](CO)[C@@H](O)C(O)C2O)[C@@H](O)C(O)C1O)OC(=O)CCCCCCCCCCC/C=C/CCCCCCCC. The van der Waals surface area contributed by atoms with E-state index in [0.717, 1.165) is 51.4 Å². The monoisotopic (exact) mass is 1020 g/mol. The summed E-state index contributed by atoms with van der Waals surface area (Å²) in [5, 5.41) is 72.2. The number of carbonyl (C=O) groups excluding carboxylic acids is 2. The van der Waals surface area contributed by atoms with Gasteiger partial charge in [0.2, 0.25) is 0 Å². The Bertz CT molecular complexity index is 1440. The lowest BCUT2D eigenvalue weighted by Gasteiger charge is -2.42. The zero-order chi connectivity index (χ0) is 52.4. The summed E-state index contributed by atoms with van der Waals surface area (Å²) in [4.78, 5) is 25.8. The maximum Gasteiger partial charge on any atom is 0.306 e. The summed E-state index contributed by atoms with van der Waals surface area (Å²) < 4.78 is 33.6. The Balaban J connectivity index is 1.79. The molecule has 4 unspecified atom stereocenters. The Hall–Kier alpha value is -2.54. The highest BCUT2D eigenvalue weighted by molar-refractivity contribution is 5.70. The highest BCUT2D eigenvalue weighted by Crippen LogP contribution is 2.26. The van der Waals surface area contributed by atoms with Gasteiger partial charge in [-0.15, -0.1) is 0 Å². The number of aliphatic hydroxyl groups excluding tert-OH is 7. The summed E-state index contributed by atoms with van der Waals surface area (Å²) in [5.41, 5.74) is 0. The lowest BCUT2D eigenvalue weighted by Crippen LogP contribution is -2.61. The Morgan fingerprint density at radius 2 is 0.847 bits per heavy atom. The minimum atomic E-state index is -1.77. The average Bonchev–Trinajstić information content (AvgIpc) is 3.37. The molecule has 2 heterocycles. The lowest BCUT2D eigenvalue weighted by atomic mass is 9.98. The summed E-state index contributed by atoms with van der Waals surface area (Å²) in [6, 6.07) is 0. The minimum absolute atomic E-state index is 0.145. The molecule has 15 heteroatoms. The summed E-state index contributed by atoms with van der Waals surface area (Å²) in [7, 11) is 0. The number of esters is 2. The van der Waals surface area contributed by atoms with Gasteiger partial charge in [-0.3, -0.25) is 9.59 Å². The second-order valence-electron chi connectivity index (χ2n) is 19.8. The number of hydrogen-bond donors (Lipinski definition) is 7. The van der Waals surface area contributed by atoms with Gasteiger partial charge in [-0.2, -0.15) is 0 Å². The number of unbranched alkanes of at least 4 members (excludes halogenated alkanes) is 22. The van der Waals surface area contributed by atoms with Gasteiger partial charge >= 0.3 is 11.9 Å². The fourth-order valence-corrected chi connectivity index (χ4v) is 8.64. The minimum Gasteiger partial charge on any atom is -0.462 e. The first kappa shape index (κ1) is 65.6. The fraction of sp³-hybridized carbons (Fsp3) is 0.825. The van der Waals surface area contributed by atoms with E-state index in [1.807, 2.05) is 6.08 Å². The van der Waals surface area contributed by atoms with Crippen molar-refractivity contribution in [2.45, 2.75) is 274 Å². The Labute approximate surface area is 433 Å². The van der Waals surface area contributed by atoms with E-state index in [9.17, 15) is 45.3 Å². The maximum absolute atomic E-state index is 13.0. The molecule has 2 aliphatic rings. The molecule has 0 aromatic heterocycles. The van der Waals surface area contributed by atoms with Crippen molar-refractivity contribution in [3.8, 4) is 0 Å². The first-order valence-electron chi connectivity index (χ1n) is 28.2. The van der Waals surface area contributed by atoms with Crippen LogP contribution < -0.4 is 0 Å². The van der Waals surface area contributed by atoms with Crippen molar-refractivity contribution in [2.24, 2.45) is 0 Å². The maximum atomic E-state index is 13.0. The van der Waals surface area contributed by atoms with Crippen LogP contribution in [0.2, 0.25) is 0 Å². The molecule has 2 saturated heterocycles. The normalized spacial score (nSPS) is 25.3. The first-order valence-corrected chi connectivity index (χ1v) is 28.2. The van der Waals surface area contributed by atoms with Crippen LogP contribution >= 0.6 is 0 Å². The molecule has 2 aliphatic heterocycles. The van der Waals surface area contributed by atoms with E-state index >= 15 is 0 Å². The van der Waals surface area contributed by atoms with Gasteiger partial charge in [-0.05, 0) is 70.6 Å². The van der Waals surface area contributed by atoms with Crippen molar-refractivity contribution in [1.82, 2.24) is 0 Å². The molecular weight excluding hydrogens is 925 g/mol. The van der Waals surface area contributed by atoms with Gasteiger partial charge < -0.3 is 64.2 Å². The van der Waals surface area contributed by atoms with Gasteiger partial charge in [0.05, 0.1) is 19.8 Å². The predicted octanol–water partition coefficient (Wildman–Crippen LogP) is 9.05. The molecule has 0 aliphatic carbocycles. The van der Waals surface area contributed by atoms with Crippen molar-refractivity contribution in [3.05, 3.63) is 48.6 Å². The smallest absolute Gasteiger partial charge is 0.306 e. The topological polar surface area (TPSA) is 231 Å². The van der Waals surface area contributed by atoms with Crippen molar-refractivity contribution >= 4 is 11.9 Å². The third-order valence-corrected chi connectivity index (χ3v) is 13.3. The van der Waals surface area contributed by atoms with Crippen LogP contribution in [0.3, 0.4) is 0 Å². The molecule has 2 fully saturated rings. The Kier molecular flexibility index (Phi) is 39.8. The quantitative estimate of drug-likeness (QED) is 0.0171. The number of rotatable bonds is 44. The standard InChI is InChI=1S/C57H100O15/c1-3-5-7-9-11-13-15-17-19-21-22-24-26-28-30-32-34-36-38-40-49(60)70-45(42-67-48(59)39-37-35-33-31-29-27-25-23-20-18-16-14-12-10-8-6-4-2)43-68-56-55(66)53(64)51(62)47(72-56)44-69-57-54(65)52(63)50(61)46(41-58)71-57/h17-20,25,27,31,33,45-47,50-58,61-66H,3-16,21-24,26,28-30,32,34-44H2,1-2H3/b19-17+,20-18+,27-25+,33-31+/t45-,46+,47+,50-,51-,52?,53?,54?,55?,56+,57+/m1/s1. The first-order chi connectivity index (χ1) is 35.0. The summed E-state index contributed by atoms with van der Waals surface area (Å²) >= 11 is 0. The second-order valence-corrected chi connectivity index (χ2v) is 19.8. The molecule has 0 aromatic rings. The molecule has 0 spiro atoms. The highest BCUT2D eigenvalue weighted by atomic mass is 16.7. The summed E-state index contributed by atoms with van der Waals surface area (Å²) in [5.74, 6) is -0.985. The fourth-order valence-electron chi connectivity index (χ4n) is 8.64. The zero-order valence-electron chi connectivity index (χ0n) is 44.4. The van der Waals surface area contributed by atoms with Crippen LogP contribution in [-0.2, 0) is 38.0 Å². The van der Waals surface area contributed by atoms with Gasteiger partial charge in [-0.25, -0.2) is 0 Å². The molecule has 7 N–H and O–H groups in total. The van der Waals surface area contributed by atoms with Crippen LogP contribution in [0.1, 0.15) is 206 Å². The molecule has 0 saturated carbocycles. The molecule has 11 atom stereocenters. The molecule has 0 amide bonds. The van der Waals surface area contributed by atoms with Crippen molar-refractivity contribution in [2.75, 3.05) is 26.4 Å². The predicted molar refractivity (Wildman–Crippen MR) is 280 cm³/mol. The molecule has 418 valence electrons. The van der Waals surface area contributed by atoms with Gasteiger partial charge in [0.25, 0.3) is 0 Å². The van der Waals surface area contributed by atoms with Crippen molar-refractivity contribution in [3.63, 3.8) is 0 Å². The third-order valence-electron chi connectivity index (χ3n) is 13.3. The van der Waals surface area contributed by atoms with Gasteiger partial charge in [-0.1, -0.05) is 172 Å². The number of allylic oxidation sites excluding steroid dienone is 8. The number of ether oxygens (including phenoxy) is 6. The largest absolute Gasteiger partial charge is 0.462 e. The number of hydrogen-bond acceptors (Lipinski definition) is 15. The Morgan fingerprint density at radius 3 is 1.36 bits per heavy atom. The van der Waals surface area contributed by atoms with Crippen LogP contribution in [0.25, 0.3) is 0 Å². The molecule has 15 nitrogen and oxygen atoms in total. The van der Waals surface area contributed by atoms with Crippen LogP contribution in [-0.4, -0.2) is 142 Å². The van der Waals surface area contributed by atoms with Crippen molar-refractivity contribution < 1.29 is 73.8 Å². The second kappa shape index (κ2) is 43.7.